The van der Waals surface area contributed by atoms with E-state index in [2.05, 4.69) is 15.2 Å². The number of hydrogen-bond donors (Lipinski definition) is 0. The van der Waals surface area contributed by atoms with Crippen molar-refractivity contribution >= 4 is 0 Å². The van der Waals surface area contributed by atoms with Crippen LogP contribution < -0.4 is 5.56 Å². The summed E-state index contributed by atoms with van der Waals surface area (Å²) in [7, 11) is 1.48. The van der Waals surface area contributed by atoms with Crippen LogP contribution in [-0.2, 0) is 19.8 Å². The summed E-state index contributed by atoms with van der Waals surface area (Å²) in [4.78, 5) is 17.1. The monoisotopic (exact) mass is 577 g/mol. The lowest BCUT2D eigenvalue weighted by Crippen LogP contribution is -2.30. The number of aryl methyl sites for hydroxylation is 2. The van der Waals surface area contributed by atoms with Gasteiger partial charge in [-0.05, 0) is 61.6 Å². The van der Waals surface area contributed by atoms with Gasteiger partial charge in [0.25, 0.3) is 12.0 Å². The highest BCUT2D eigenvalue weighted by atomic mass is 19.4. The Morgan fingerprint density at radius 1 is 1.02 bits per heavy atom. The minimum Gasteiger partial charge on any atom is -0.275 e. The van der Waals surface area contributed by atoms with E-state index in [-0.39, 0.29) is 28.7 Å². The van der Waals surface area contributed by atoms with E-state index in [0.29, 0.717) is 5.56 Å². The quantitative estimate of drug-likeness (QED) is 0.235. The first kappa shape index (κ1) is 30.0. The molecule has 1 aromatic carbocycles. The van der Waals surface area contributed by atoms with E-state index in [1.165, 1.54) is 42.3 Å². The van der Waals surface area contributed by atoms with Crippen LogP contribution in [0.5, 0.6) is 0 Å². The van der Waals surface area contributed by atoms with Crippen LogP contribution in [0.4, 0.5) is 26.3 Å². The summed E-state index contributed by atoms with van der Waals surface area (Å²) in [6.07, 6.45) is -0.634. The topological polar surface area (TPSA) is 65.6 Å². The Hall–Kier alpha value is -3.96. The number of nitrogens with zero attached hydrogens (tertiary/aromatic N) is 5. The van der Waals surface area contributed by atoms with E-state index < -0.39 is 36.0 Å². The van der Waals surface area contributed by atoms with Crippen molar-refractivity contribution in [2.75, 3.05) is 0 Å². The van der Waals surface area contributed by atoms with Crippen molar-refractivity contribution in [3.63, 3.8) is 0 Å². The second-order valence-corrected chi connectivity index (χ2v) is 9.98. The number of hydrogen-bond acceptors (Lipinski definition) is 4. The van der Waals surface area contributed by atoms with Crippen molar-refractivity contribution in [2.24, 2.45) is 7.05 Å². The van der Waals surface area contributed by atoms with Gasteiger partial charge in [-0.25, -0.2) is 17.9 Å². The van der Waals surface area contributed by atoms with E-state index in [9.17, 15) is 31.1 Å². The standard InChI is InChI=1S/C22H22F5N5O.C7H7F/c1-31-11-15(19(30-31)20(23)24)17-10-14(13-6-3-2-4-7-13)21(33)32(29-17)12-18-16(22(25,26)27)8-5-9-28-18;1-6-3-2-4-7(8)5-6/h5,8-11,13,20H,2-4,6-7,12H2,1H3;2-5H,1H3. The molecule has 41 heavy (non-hydrogen) atoms. The summed E-state index contributed by atoms with van der Waals surface area (Å²) < 4.78 is 81.9. The third-order valence-corrected chi connectivity index (χ3v) is 6.86. The second-order valence-electron chi connectivity index (χ2n) is 9.98. The molecule has 1 aliphatic rings. The van der Waals surface area contributed by atoms with Crippen molar-refractivity contribution < 1.29 is 26.3 Å². The Kier molecular flexibility index (Phi) is 9.29. The molecule has 0 bridgehead atoms. The number of alkyl halides is 5. The fourth-order valence-corrected chi connectivity index (χ4v) is 4.94. The fraction of sp³-hybridized carbons (Fsp3) is 0.379. The maximum atomic E-state index is 13.6. The highest BCUT2D eigenvalue weighted by Gasteiger charge is 2.34. The second kappa shape index (κ2) is 12.7. The Morgan fingerprint density at radius 2 is 1.76 bits per heavy atom. The molecule has 5 rings (SSSR count). The normalized spacial score (nSPS) is 14.2. The van der Waals surface area contributed by atoms with Gasteiger partial charge in [0.2, 0.25) is 0 Å². The summed E-state index contributed by atoms with van der Waals surface area (Å²) in [5.41, 5.74) is -0.938. The van der Waals surface area contributed by atoms with Gasteiger partial charge in [-0.1, -0.05) is 31.4 Å². The molecule has 0 radical (unpaired) electrons. The third-order valence-electron chi connectivity index (χ3n) is 6.86. The van der Waals surface area contributed by atoms with Crippen molar-refractivity contribution in [1.82, 2.24) is 24.5 Å². The first-order valence-corrected chi connectivity index (χ1v) is 13.1. The zero-order chi connectivity index (χ0) is 29.7. The molecule has 3 heterocycles. The zero-order valence-electron chi connectivity index (χ0n) is 22.5. The Morgan fingerprint density at radius 3 is 2.37 bits per heavy atom. The van der Waals surface area contributed by atoms with Crippen LogP contribution >= 0.6 is 0 Å². The summed E-state index contributed by atoms with van der Waals surface area (Å²) in [6, 6.07) is 10.0. The molecule has 0 unspecified atom stereocenters. The van der Waals surface area contributed by atoms with Crippen LogP contribution in [-0.4, -0.2) is 24.5 Å². The molecule has 6 nitrogen and oxygen atoms in total. The Balaban J connectivity index is 0.000000417. The number of aromatic nitrogens is 5. The summed E-state index contributed by atoms with van der Waals surface area (Å²) in [5.74, 6) is -0.276. The molecule has 0 saturated heterocycles. The SMILES string of the molecule is Cc1cccc(F)c1.Cn1cc(-c2cc(C3CCCCC3)c(=O)n(Cc3ncccc3C(F)(F)F)n2)c(C(F)F)n1. The molecule has 0 spiro atoms. The summed E-state index contributed by atoms with van der Waals surface area (Å²) >= 11 is 0. The molecule has 0 N–H and O–H groups in total. The number of halogens is 6. The Bertz CT molecular complexity index is 1520. The Labute approximate surface area is 232 Å². The van der Waals surface area contributed by atoms with Gasteiger partial charge in [0.1, 0.15) is 11.5 Å². The van der Waals surface area contributed by atoms with Crippen LogP contribution in [0.2, 0.25) is 0 Å². The van der Waals surface area contributed by atoms with Crippen molar-refractivity contribution in [3.8, 4) is 11.3 Å². The zero-order valence-corrected chi connectivity index (χ0v) is 22.5. The number of benzene rings is 1. The van der Waals surface area contributed by atoms with Gasteiger partial charge in [-0.15, -0.1) is 0 Å². The molecule has 0 amide bonds. The molecule has 1 fully saturated rings. The lowest BCUT2D eigenvalue weighted by Gasteiger charge is -2.22. The first-order chi connectivity index (χ1) is 19.4. The summed E-state index contributed by atoms with van der Waals surface area (Å²) in [5, 5.41) is 7.97. The molecule has 1 aliphatic carbocycles. The van der Waals surface area contributed by atoms with Gasteiger partial charge in [0.15, 0.2) is 0 Å². The minimum atomic E-state index is -4.66. The van der Waals surface area contributed by atoms with Crippen LogP contribution in [0.1, 0.15) is 72.5 Å². The lowest BCUT2D eigenvalue weighted by molar-refractivity contribution is -0.138. The van der Waals surface area contributed by atoms with Crippen LogP contribution in [0.25, 0.3) is 11.3 Å². The van der Waals surface area contributed by atoms with Crippen molar-refractivity contribution in [1.29, 1.82) is 0 Å². The molecule has 0 aliphatic heterocycles. The van der Waals surface area contributed by atoms with Gasteiger partial charge in [0, 0.05) is 30.6 Å². The fourth-order valence-electron chi connectivity index (χ4n) is 4.94. The van der Waals surface area contributed by atoms with Crippen LogP contribution in [0.15, 0.2) is 59.7 Å². The number of pyridine rings is 1. The van der Waals surface area contributed by atoms with E-state index in [1.54, 1.807) is 6.07 Å². The largest absolute Gasteiger partial charge is 0.418 e. The average molecular weight is 578 g/mol. The van der Waals surface area contributed by atoms with Crippen molar-refractivity contribution in [2.45, 2.75) is 64.1 Å². The van der Waals surface area contributed by atoms with Crippen LogP contribution in [0.3, 0.4) is 0 Å². The van der Waals surface area contributed by atoms with Gasteiger partial charge in [-0.3, -0.25) is 14.5 Å². The molecule has 1 saturated carbocycles. The maximum Gasteiger partial charge on any atom is 0.418 e. The predicted octanol–water partition coefficient (Wildman–Crippen LogP) is 7.23. The number of rotatable bonds is 5. The highest BCUT2D eigenvalue weighted by molar-refractivity contribution is 5.62. The lowest BCUT2D eigenvalue weighted by atomic mass is 9.84. The molecular formula is C29H29F6N5O. The van der Waals surface area contributed by atoms with Crippen molar-refractivity contribution in [3.05, 3.63) is 99.1 Å². The molecule has 12 heteroatoms. The van der Waals surface area contributed by atoms with Gasteiger partial charge in [-0.2, -0.15) is 23.4 Å². The van der Waals surface area contributed by atoms with E-state index in [1.807, 2.05) is 13.0 Å². The molecular weight excluding hydrogens is 548 g/mol. The summed E-state index contributed by atoms with van der Waals surface area (Å²) in [6.45, 7) is 1.33. The minimum absolute atomic E-state index is 0.0374. The van der Waals surface area contributed by atoms with Gasteiger partial charge >= 0.3 is 6.18 Å². The smallest absolute Gasteiger partial charge is 0.275 e. The average Bonchev–Trinajstić information content (AvgIpc) is 3.32. The molecule has 0 atom stereocenters. The third kappa shape index (κ3) is 7.42. The molecule has 218 valence electrons. The maximum absolute atomic E-state index is 13.6. The molecule has 3 aromatic heterocycles. The predicted molar refractivity (Wildman–Crippen MR) is 141 cm³/mol. The van der Waals surface area contributed by atoms with E-state index in [0.717, 1.165) is 54.5 Å². The first-order valence-electron chi connectivity index (χ1n) is 13.1. The van der Waals surface area contributed by atoms with Gasteiger partial charge in [0.05, 0.1) is 23.5 Å². The van der Waals surface area contributed by atoms with Crippen LogP contribution in [0, 0.1) is 12.7 Å². The highest BCUT2D eigenvalue weighted by Crippen LogP contribution is 2.35. The van der Waals surface area contributed by atoms with E-state index in [4.69, 9.17) is 0 Å². The molecule has 4 aromatic rings. The van der Waals surface area contributed by atoms with Gasteiger partial charge < -0.3 is 0 Å². The van der Waals surface area contributed by atoms with E-state index >= 15 is 0 Å².